The van der Waals surface area contributed by atoms with Crippen molar-refractivity contribution in [2.24, 2.45) is 0 Å². The van der Waals surface area contributed by atoms with Crippen molar-refractivity contribution in [3.05, 3.63) is 53.5 Å². The van der Waals surface area contributed by atoms with E-state index in [-0.39, 0.29) is 5.82 Å². The van der Waals surface area contributed by atoms with Crippen LogP contribution in [-0.4, -0.2) is 11.0 Å². The zero-order valence-electron chi connectivity index (χ0n) is 12.0. The fraction of sp³-hybridized carbons (Fsp3) is 0.312. The van der Waals surface area contributed by atoms with Gasteiger partial charge in [0.05, 0.1) is 0 Å². The van der Waals surface area contributed by atoms with E-state index in [2.05, 4.69) is 24.1 Å². The van der Waals surface area contributed by atoms with E-state index in [1.807, 2.05) is 12.1 Å². The molecular formula is C16H19FN2O. The number of rotatable bonds is 5. The fourth-order valence-electron chi connectivity index (χ4n) is 1.70. The summed E-state index contributed by atoms with van der Waals surface area (Å²) in [5, 5.41) is 3.33. The Morgan fingerprint density at radius 3 is 2.75 bits per heavy atom. The van der Waals surface area contributed by atoms with Gasteiger partial charge in [0, 0.05) is 30.9 Å². The van der Waals surface area contributed by atoms with Gasteiger partial charge in [-0.25, -0.2) is 9.37 Å². The summed E-state index contributed by atoms with van der Waals surface area (Å²) >= 11 is 0. The summed E-state index contributed by atoms with van der Waals surface area (Å²) < 4.78 is 19.0. The normalized spacial score (nSPS) is 10.8. The molecule has 106 valence electrons. The van der Waals surface area contributed by atoms with Gasteiger partial charge >= 0.3 is 0 Å². The van der Waals surface area contributed by atoms with Crippen LogP contribution in [0.3, 0.4) is 0 Å². The molecule has 0 aliphatic carbocycles. The molecule has 20 heavy (non-hydrogen) atoms. The van der Waals surface area contributed by atoms with Gasteiger partial charge in [-0.15, -0.1) is 0 Å². The van der Waals surface area contributed by atoms with Gasteiger partial charge in [-0.05, 0) is 30.2 Å². The predicted octanol–water partition coefficient (Wildman–Crippen LogP) is 3.82. The van der Waals surface area contributed by atoms with Crippen LogP contribution < -0.4 is 10.1 Å². The molecule has 0 aliphatic rings. The lowest BCUT2D eigenvalue weighted by atomic mass is 10.2. The van der Waals surface area contributed by atoms with E-state index in [0.29, 0.717) is 23.2 Å². The molecule has 0 saturated carbocycles. The molecule has 0 bridgehead atoms. The number of pyridine rings is 1. The lowest BCUT2D eigenvalue weighted by Gasteiger charge is -2.10. The number of nitrogens with zero attached hydrogens (tertiary/aromatic N) is 1. The average Bonchev–Trinajstić information content (AvgIpc) is 2.41. The van der Waals surface area contributed by atoms with Crippen molar-refractivity contribution < 1.29 is 9.13 Å². The first-order chi connectivity index (χ1) is 9.54. The lowest BCUT2D eigenvalue weighted by molar-refractivity contribution is 0.456. The van der Waals surface area contributed by atoms with Crippen LogP contribution in [0.4, 0.5) is 4.39 Å². The van der Waals surface area contributed by atoms with Crippen LogP contribution in [0.2, 0.25) is 0 Å². The van der Waals surface area contributed by atoms with Crippen LogP contribution >= 0.6 is 0 Å². The number of hydrogen-bond acceptors (Lipinski definition) is 3. The Hall–Kier alpha value is -1.94. The molecule has 0 fully saturated rings. The Balaban J connectivity index is 2.08. The predicted molar refractivity (Wildman–Crippen MR) is 77.4 cm³/mol. The Kier molecular flexibility index (Phi) is 4.69. The molecule has 3 nitrogen and oxygen atoms in total. The monoisotopic (exact) mass is 274 g/mol. The van der Waals surface area contributed by atoms with Crippen molar-refractivity contribution in [3.8, 4) is 11.6 Å². The minimum Gasteiger partial charge on any atom is -0.439 e. The van der Waals surface area contributed by atoms with Crippen molar-refractivity contribution in [1.82, 2.24) is 10.3 Å². The summed E-state index contributed by atoms with van der Waals surface area (Å²) in [5.74, 6) is 0.644. The molecule has 0 spiro atoms. The second-order valence-electron chi connectivity index (χ2n) is 5.05. The second kappa shape index (κ2) is 6.48. The van der Waals surface area contributed by atoms with Crippen LogP contribution in [0.15, 0.2) is 36.5 Å². The first-order valence-corrected chi connectivity index (χ1v) is 6.67. The van der Waals surface area contributed by atoms with Gasteiger partial charge in [-0.1, -0.05) is 19.9 Å². The van der Waals surface area contributed by atoms with Gasteiger partial charge in [0.1, 0.15) is 11.6 Å². The topological polar surface area (TPSA) is 34.1 Å². The van der Waals surface area contributed by atoms with Crippen LogP contribution in [0.1, 0.15) is 25.0 Å². The Bertz CT molecular complexity index is 584. The van der Waals surface area contributed by atoms with E-state index in [4.69, 9.17) is 4.74 Å². The summed E-state index contributed by atoms with van der Waals surface area (Å²) in [4.78, 5) is 4.14. The van der Waals surface area contributed by atoms with Crippen molar-refractivity contribution in [3.63, 3.8) is 0 Å². The standard InChI is InChI=1S/C16H19FN2O/c1-11(2)19-10-13-6-7-18-16(8-13)20-14-5-4-12(3)15(17)9-14/h4-9,11,19H,10H2,1-3H3. The third kappa shape index (κ3) is 4.03. The lowest BCUT2D eigenvalue weighted by Crippen LogP contribution is -2.21. The highest BCUT2D eigenvalue weighted by molar-refractivity contribution is 5.32. The molecule has 1 aromatic carbocycles. The zero-order valence-corrected chi connectivity index (χ0v) is 12.0. The van der Waals surface area contributed by atoms with E-state index >= 15 is 0 Å². The third-order valence-electron chi connectivity index (χ3n) is 2.88. The molecule has 2 aromatic rings. The average molecular weight is 274 g/mol. The highest BCUT2D eigenvalue weighted by Gasteiger charge is 2.04. The maximum Gasteiger partial charge on any atom is 0.219 e. The van der Waals surface area contributed by atoms with Crippen molar-refractivity contribution in [2.75, 3.05) is 0 Å². The summed E-state index contributed by atoms with van der Waals surface area (Å²) in [6.45, 7) is 6.65. The molecule has 0 saturated heterocycles. The van der Waals surface area contributed by atoms with E-state index in [9.17, 15) is 4.39 Å². The summed E-state index contributed by atoms with van der Waals surface area (Å²) in [6.07, 6.45) is 1.69. The Morgan fingerprint density at radius 2 is 2.05 bits per heavy atom. The first kappa shape index (κ1) is 14.5. The van der Waals surface area contributed by atoms with Gasteiger partial charge < -0.3 is 10.1 Å². The first-order valence-electron chi connectivity index (χ1n) is 6.67. The number of aryl methyl sites for hydroxylation is 1. The Labute approximate surface area is 118 Å². The van der Waals surface area contributed by atoms with E-state index < -0.39 is 0 Å². The minimum atomic E-state index is -0.278. The summed E-state index contributed by atoms with van der Waals surface area (Å²) in [6, 6.07) is 8.99. The van der Waals surface area contributed by atoms with E-state index in [1.165, 1.54) is 6.07 Å². The van der Waals surface area contributed by atoms with Crippen LogP contribution in [0.25, 0.3) is 0 Å². The van der Waals surface area contributed by atoms with Gasteiger partial charge in [0.25, 0.3) is 0 Å². The number of nitrogens with one attached hydrogen (secondary N) is 1. The van der Waals surface area contributed by atoms with Crippen LogP contribution in [-0.2, 0) is 6.54 Å². The minimum absolute atomic E-state index is 0.278. The van der Waals surface area contributed by atoms with Crippen LogP contribution in [0, 0.1) is 12.7 Å². The van der Waals surface area contributed by atoms with Crippen molar-refractivity contribution in [1.29, 1.82) is 0 Å². The van der Waals surface area contributed by atoms with Gasteiger partial charge in [-0.2, -0.15) is 0 Å². The molecule has 1 aromatic heterocycles. The second-order valence-corrected chi connectivity index (χ2v) is 5.05. The third-order valence-corrected chi connectivity index (χ3v) is 2.88. The molecule has 0 unspecified atom stereocenters. The molecule has 1 N–H and O–H groups in total. The maximum absolute atomic E-state index is 13.5. The summed E-state index contributed by atoms with van der Waals surface area (Å²) in [7, 11) is 0. The largest absolute Gasteiger partial charge is 0.439 e. The molecular weight excluding hydrogens is 255 g/mol. The summed E-state index contributed by atoms with van der Waals surface area (Å²) in [5.41, 5.74) is 1.68. The van der Waals surface area contributed by atoms with Gasteiger partial charge in [0.2, 0.25) is 5.88 Å². The van der Waals surface area contributed by atoms with Gasteiger partial charge in [0.15, 0.2) is 0 Å². The molecule has 0 atom stereocenters. The van der Waals surface area contributed by atoms with Gasteiger partial charge in [-0.3, -0.25) is 0 Å². The highest BCUT2D eigenvalue weighted by Crippen LogP contribution is 2.22. The quantitative estimate of drug-likeness (QED) is 0.900. The molecule has 0 amide bonds. The Morgan fingerprint density at radius 1 is 1.25 bits per heavy atom. The molecule has 0 aliphatic heterocycles. The van der Waals surface area contributed by atoms with Crippen LogP contribution in [0.5, 0.6) is 11.6 Å². The number of benzene rings is 1. The molecule has 1 heterocycles. The molecule has 0 radical (unpaired) electrons. The maximum atomic E-state index is 13.5. The number of ether oxygens (including phenoxy) is 1. The van der Waals surface area contributed by atoms with E-state index in [0.717, 1.165) is 12.1 Å². The number of hydrogen-bond donors (Lipinski definition) is 1. The zero-order chi connectivity index (χ0) is 14.5. The SMILES string of the molecule is Cc1ccc(Oc2cc(CNC(C)C)ccn2)cc1F. The molecule has 4 heteroatoms. The molecule has 2 rings (SSSR count). The fourth-order valence-corrected chi connectivity index (χ4v) is 1.70. The number of halogens is 1. The van der Waals surface area contributed by atoms with Crippen molar-refractivity contribution >= 4 is 0 Å². The smallest absolute Gasteiger partial charge is 0.219 e. The van der Waals surface area contributed by atoms with E-state index in [1.54, 1.807) is 25.3 Å². The number of aromatic nitrogens is 1. The highest BCUT2D eigenvalue weighted by atomic mass is 19.1. The van der Waals surface area contributed by atoms with Crippen molar-refractivity contribution in [2.45, 2.75) is 33.4 Å².